The highest BCUT2D eigenvalue weighted by Gasteiger charge is 2.28. The lowest BCUT2D eigenvalue weighted by atomic mass is 9.88. The second-order valence-corrected chi connectivity index (χ2v) is 5.72. The van der Waals surface area contributed by atoms with Gasteiger partial charge in [0.1, 0.15) is 0 Å². The molecule has 0 aromatic carbocycles. The third-order valence-corrected chi connectivity index (χ3v) is 4.15. The first-order chi connectivity index (χ1) is 7.78. The van der Waals surface area contributed by atoms with Crippen LogP contribution in [0.15, 0.2) is 0 Å². The molecule has 4 unspecified atom stereocenters. The Morgan fingerprint density at radius 2 is 1.88 bits per heavy atom. The van der Waals surface area contributed by atoms with E-state index >= 15 is 0 Å². The average Bonchev–Trinajstić information content (AvgIpc) is 2.66. The highest BCUT2D eigenvalue weighted by molar-refractivity contribution is 4.82. The van der Waals surface area contributed by atoms with Crippen molar-refractivity contribution >= 4 is 0 Å². The van der Waals surface area contributed by atoms with Crippen LogP contribution in [0.5, 0.6) is 0 Å². The zero-order valence-electron chi connectivity index (χ0n) is 10.9. The van der Waals surface area contributed by atoms with Crippen molar-refractivity contribution in [1.29, 1.82) is 0 Å². The molecule has 0 saturated heterocycles. The van der Waals surface area contributed by atoms with Gasteiger partial charge in [0.15, 0.2) is 0 Å². The van der Waals surface area contributed by atoms with E-state index in [4.69, 9.17) is 4.74 Å². The summed E-state index contributed by atoms with van der Waals surface area (Å²) < 4.78 is 6.26. The zero-order valence-corrected chi connectivity index (χ0v) is 10.9. The summed E-state index contributed by atoms with van der Waals surface area (Å²) >= 11 is 0. The van der Waals surface area contributed by atoms with E-state index in [1.54, 1.807) is 0 Å². The van der Waals surface area contributed by atoms with Crippen molar-refractivity contribution in [3.8, 4) is 0 Å². The summed E-state index contributed by atoms with van der Waals surface area (Å²) in [5.41, 5.74) is 0. The smallest absolute Gasteiger partial charge is 0.0594 e. The van der Waals surface area contributed by atoms with Crippen LogP contribution < -0.4 is 5.32 Å². The van der Waals surface area contributed by atoms with Gasteiger partial charge in [-0.25, -0.2) is 0 Å². The third kappa shape index (κ3) is 3.46. The van der Waals surface area contributed by atoms with Gasteiger partial charge in [-0.2, -0.15) is 0 Å². The van der Waals surface area contributed by atoms with Crippen molar-refractivity contribution < 1.29 is 4.74 Å². The largest absolute Gasteiger partial charge is 0.375 e. The Balaban J connectivity index is 1.70. The Hall–Kier alpha value is -0.0800. The van der Waals surface area contributed by atoms with Crippen LogP contribution in [-0.4, -0.2) is 24.8 Å². The normalized spacial score (nSPS) is 40.1. The number of hydrogen-bond acceptors (Lipinski definition) is 2. The van der Waals surface area contributed by atoms with Crippen molar-refractivity contribution in [3.63, 3.8) is 0 Å². The maximum Gasteiger partial charge on any atom is 0.0594 e. The van der Waals surface area contributed by atoms with Gasteiger partial charge >= 0.3 is 0 Å². The molecule has 2 heteroatoms. The Kier molecular flexibility index (Phi) is 4.66. The molecule has 0 spiro atoms. The summed E-state index contributed by atoms with van der Waals surface area (Å²) in [7, 11) is 0. The fraction of sp³-hybridized carbons (Fsp3) is 1.00. The van der Waals surface area contributed by atoms with Crippen LogP contribution in [0.2, 0.25) is 0 Å². The van der Waals surface area contributed by atoms with E-state index in [0.29, 0.717) is 12.2 Å². The van der Waals surface area contributed by atoms with Crippen molar-refractivity contribution in [3.05, 3.63) is 0 Å². The van der Waals surface area contributed by atoms with Crippen molar-refractivity contribution in [2.24, 2.45) is 5.92 Å². The lowest BCUT2D eigenvalue weighted by Gasteiger charge is -2.29. The van der Waals surface area contributed by atoms with Gasteiger partial charge in [-0.15, -0.1) is 0 Å². The van der Waals surface area contributed by atoms with E-state index in [0.717, 1.165) is 18.5 Å². The van der Waals surface area contributed by atoms with Crippen LogP contribution in [0.25, 0.3) is 0 Å². The van der Waals surface area contributed by atoms with Crippen LogP contribution in [0.3, 0.4) is 0 Å². The second-order valence-electron chi connectivity index (χ2n) is 5.72. The Bertz CT molecular complexity index is 207. The van der Waals surface area contributed by atoms with Crippen LogP contribution in [0, 0.1) is 5.92 Å². The molecule has 1 N–H and O–H groups in total. The molecular formula is C14H27NO. The number of hydrogen-bond donors (Lipinski definition) is 1. The van der Waals surface area contributed by atoms with Crippen LogP contribution >= 0.6 is 0 Å². The van der Waals surface area contributed by atoms with Crippen molar-refractivity contribution in [1.82, 2.24) is 5.32 Å². The van der Waals surface area contributed by atoms with Gasteiger partial charge in [-0.1, -0.05) is 26.7 Å². The molecule has 0 aromatic heterocycles. The van der Waals surface area contributed by atoms with Gasteiger partial charge in [0.2, 0.25) is 0 Å². The summed E-state index contributed by atoms with van der Waals surface area (Å²) in [6.07, 6.45) is 10.3. The standard InChI is InChI=1S/C14H27NO/c1-3-15-12-7-8-14(10-12)16-13-6-4-5-11(2)9-13/h11-15H,3-10H2,1-2H3. The molecule has 2 rings (SSSR count). The van der Waals surface area contributed by atoms with E-state index in [1.807, 2.05) is 0 Å². The maximum atomic E-state index is 6.26. The predicted octanol–water partition coefficient (Wildman–Crippen LogP) is 3.11. The molecule has 0 amide bonds. The van der Waals surface area contributed by atoms with Gasteiger partial charge in [0.05, 0.1) is 12.2 Å². The summed E-state index contributed by atoms with van der Waals surface area (Å²) in [5, 5.41) is 3.54. The molecule has 0 heterocycles. The summed E-state index contributed by atoms with van der Waals surface area (Å²) in [6, 6.07) is 0.719. The zero-order chi connectivity index (χ0) is 11.4. The molecule has 2 aliphatic carbocycles. The predicted molar refractivity (Wildman–Crippen MR) is 67.6 cm³/mol. The molecule has 2 aliphatic rings. The SMILES string of the molecule is CCNC1CCC(OC2CCCC(C)C2)C1. The minimum absolute atomic E-state index is 0.541. The molecule has 2 nitrogen and oxygen atoms in total. The van der Waals surface area contributed by atoms with Gasteiger partial charge < -0.3 is 10.1 Å². The van der Waals surface area contributed by atoms with E-state index in [9.17, 15) is 0 Å². The molecule has 2 fully saturated rings. The van der Waals surface area contributed by atoms with Gasteiger partial charge in [0.25, 0.3) is 0 Å². The monoisotopic (exact) mass is 225 g/mol. The average molecular weight is 225 g/mol. The van der Waals surface area contributed by atoms with E-state index < -0.39 is 0 Å². The highest BCUT2D eigenvalue weighted by Crippen LogP contribution is 2.30. The van der Waals surface area contributed by atoms with Crippen molar-refractivity contribution in [2.45, 2.75) is 77.0 Å². The van der Waals surface area contributed by atoms with E-state index in [2.05, 4.69) is 19.2 Å². The first-order valence-corrected chi connectivity index (χ1v) is 7.16. The topological polar surface area (TPSA) is 21.3 Å². The minimum Gasteiger partial charge on any atom is -0.375 e. The Labute approximate surface area is 100 Å². The molecule has 94 valence electrons. The molecule has 16 heavy (non-hydrogen) atoms. The lowest BCUT2D eigenvalue weighted by Crippen LogP contribution is -2.29. The number of rotatable bonds is 4. The number of ether oxygens (including phenoxy) is 1. The lowest BCUT2D eigenvalue weighted by molar-refractivity contribution is -0.0358. The Morgan fingerprint density at radius 1 is 1.06 bits per heavy atom. The minimum atomic E-state index is 0.541. The summed E-state index contributed by atoms with van der Waals surface area (Å²) in [5.74, 6) is 0.879. The fourth-order valence-corrected chi connectivity index (χ4v) is 3.31. The molecule has 0 bridgehead atoms. The van der Waals surface area contributed by atoms with Gasteiger partial charge in [-0.05, 0) is 44.6 Å². The molecule has 0 radical (unpaired) electrons. The Morgan fingerprint density at radius 3 is 2.62 bits per heavy atom. The maximum absolute atomic E-state index is 6.26. The first-order valence-electron chi connectivity index (χ1n) is 7.16. The van der Waals surface area contributed by atoms with Crippen LogP contribution in [0.4, 0.5) is 0 Å². The quantitative estimate of drug-likeness (QED) is 0.794. The van der Waals surface area contributed by atoms with Gasteiger partial charge in [0, 0.05) is 6.04 Å². The molecule has 0 aromatic rings. The molecule has 4 atom stereocenters. The molecular weight excluding hydrogens is 198 g/mol. The first kappa shape index (κ1) is 12.4. The van der Waals surface area contributed by atoms with Crippen LogP contribution in [0.1, 0.15) is 58.8 Å². The summed E-state index contributed by atoms with van der Waals surface area (Å²) in [4.78, 5) is 0. The summed E-state index contributed by atoms with van der Waals surface area (Å²) in [6.45, 7) is 5.65. The van der Waals surface area contributed by atoms with Crippen molar-refractivity contribution in [2.75, 3.05) is 6.54 Å². The second kappa shape index (κ2) is 6.02. The fourth-order valence-electron chi connectivity index (χ4n) is 3.31. The highest BCUT2D eigenvalue weighted by atomic mass is 16.5. The van der Waals surface area contributed by atoms with Gasteiger partial charge in [-0.3, -0.25) is 0 Å². The molecule has 0 aliphatic heterocycles. The van der Waals surface area contributed by atoms with Crippen LogP contribution in [-0.2, 0) is 4.74 Å². The molecule has 2 saturated carbocycles. The number of nitrogens with one attached hydrogen (secondary N) is 1. The third-order valence-electron chi connectivity index (χ3n) is 4.15. The van der Waals surface area contributed by atoms with E-state index in [1.165, 1.54) is 44.9 Å². The van der Waals surface area contributed by atoms with E-state index in [-0.39, 0.29) is 0 Å².